The second kappa shape index (κ2) is 10.4. The van der Waals surface area contributed by atoms with Crippen LogP contribution in [0.25, 0.3) is 11.3 Å². The molecule has 0 atom stereocenters. The Morgan fingerprint density at radius 2 is 1.89 bits per heavy atom. The Hall–Kier alpha value is -3.64. The molecule has 1 saturated heterocycles. The molecule has 0 spiro atoms. The smallest absolute Gasteiger partial charge is 0.405 e. The van der Waals surface area contributed by atoms with E-state index in [-0.39, 0.29) is 35.5 Å². The average molecular weight is 518 g/mol. The Balaban J connectivity index is 1.26. The van der Waals surface area contributed by atoms with Crippen molar-refractivity contribution in [2.45, 2.75) is 50.7 Å². The minimum atomic E-state index is -4.83. The third-order valence-corrected chi connectivity index (χ3v) is 6.48. The highest BCUT2D eigenvalue weighted by molar-refractivity contribution is 5.93. The summed E-state index contributed by atoms with van der Waals surface area (Å²) in [6.45, 7) is 1.52. The van der Waals surface area contributed by atoms with Gasteiger partial charge in [0.05, 0.1) is 18.3 Å². The summed E-state index contributed by atoms with van der Waals surface area (Å²) in [6.07, 6.45) is -0.187. The maximum absolute atomic E-state index is 13.0. The van der Waals surface area contributed by atoms with E-state index in [0.29, 0.717) is 48.8 Å². The summed E-state index contributed by atoms with van der Waals surface area (Å²) < 4.78 is 54.9. The summed E-state index contributed by atoms with van der Waals surface area (Å²) in [6, 6.07) is 9.19. The fourth-order valence-corrected chi connectivity index (χ4v) is 4.44. The number of hydrogen-bond acceptors (Lipinski definition) is 8. The number of rotatable bonds is 8. The molecule has 9 nitrogen and oxygen atoms in total. The SMILES string of the molecule is O=C(NO)c1ccc(N2CCC(OCc3c(-c4ccccc4OC(F)(F)F)noc3C3CC3)CC2)nc1. The minimum absolute atomic E-state index is 0.0628. The first kappa shape index (κ1) is 25.0. The molecule has 1 amide bonds. The van der Waals surface area contributed by atoms with Crippen molar-refractivity contribution in [3.63, 3.8) is 0 Å². The van der Waals surface area contributed by atoms with Crippen LogP contribution >= 0.6 is 0 Å². The molecule has 1 aliphatic heterocycles. The van der Waals surface area contributed by atoms with Gasteiger partial charge in [0.1, 0.15) is 23.0 Å². The first-order chi connectivity index (χ1) is 17.8. The number of carbonyl (C=O) groups excluding carboxylic acids is 1. The Bertz CT molecular complexity index is 1240. The van der Waals surface area contributed by atoms with Crippen LogP contribution in [-0.2, 0) is 11.3 Å². The van der Waals surface area contributed by atoms with E-state index in [2.05, 4.69) is 19.8 Å². The van der Waals surface area contributed by atoms with Crippen LogP contribution in [0, 0.1) is 0 Å². The normalized spacial score (nSPS) is 16.6. The number of carbonyl (C=O) groups is 1. The fraction of sp³-hybridized carbons (Fsp3) is 0.400. The zero-order valence-electron chi connectivity index (χ0n) is 19.7. The Labute approximate surface area is 210 Å². The number of amides is 1. The van der Waals surface area contributed by atoms with E-state index in [4.69, 9.17) is 14.5 Å². The Morgan fingerprint density at radius 3 is 2.54 bits per heavy atom. The number of pyridine rings is 1. The van der Waals surface area contributed by atoms with E-state index in [0.717, 1.165) is 12.8 Å². The Kier molecular flexibility index (Phi) is 7.02. The van der Waals surface area contributed by atoms with Crippen molar-refractivity contribution in [2.24, 2.45) is 0 Å². The summed E-state index contributed by atoms with van der Waals surface area (Å²) in [5, 5.41) is 12.8. The lowest BCUT2D eigenvalue weighted by Crippen LogP contribution is -2.37. The van der Waals surface area contributed by atoms with Crippen molar-refractivity contribution in [3.8, 4) is 17.0 Å². The summed E-state index contributed by atoms with van der Waals surface area (Å²) in [5.41, 5.74) is 2.99. The van der Waals surface area contributed by atoms with Crippen LogP contribution in [0.15, 0.2) is 47.1 Å². The zero-order valence-corrected chi connectivity index (χ0v) is 19.7. The lowest BCUT2D eigenvalue weighted by atomic mass is 10.0. The van der Waals surface area contributed by atoms with E-state index < -0.39 is 12.3 Å². The number of hydroxylamine groups is 1. The number of nitrogens with one attached hydrogen (secondary N) is 1. The van der Waals surface area contributed by atoms with E-state index in [9.17, 15) is 18.0 Å². The molecule has 37 heavy (non-hydrogen) atoms. The molecule has 0 bridgehead atoms. The van der Waals surface area contributed by atoms with Gasteiger partial charge < -0.3 is 18.9 Å². The molecule has 0 radical (unpaired) electrons. The van der Waals surface area contributed by atoms with Crippen molar-refractivity contribution in [3.05, 3.63) is 59.5 Å². The predicted octanol–water partition coefficient (Wildman–Crippen LogP) is 4.82. The first-order valence-electron chi connectivity index (χ1n) is 11.9. The first-order valence-corrected chi connectivity index (χ1v) is 11.9. The largest absolute Gasteiger partial charge is 0.573 e. The van der Waals surface area contributed by atoms with Crippen molar-refractivity contribution < 1.29 is 37.2 Å². The summed E-state index contributed by atoms with van der Waals surface area (Å²) in [7, 11) is 0. The van der Waals surface area contributed by atoms with Crippen LogP contribution in [-0.4, -0.2) is 46.8 Å². The number of piperidine rings is 1. The number of benzene rings is 1. The van der Waals surface area contributed by atoms with Gasteiger partial charge in [0.25, 0.3) is 5.91 Å². The van der Waals surface area contributed by atoms with Crippen LogP contribution in [0.4, 0.5) is 19.0 Å². The van der Waals surface area contributed by atoms with Gasteiger partial charge in [0, 0.05) is 36.3 Å². The molecule has 12 heteroatoms. The molecule has 1 aromatic carbocycles. The molecule has 5 rings (SSSR count). The van der Waals surface area contributed by atoms with E-state index in [1.54, 1.807) is 23.7 Å². The quantitative estimate of drug-likeness (QED) is 0.323. The monoisotopic (exact) mass is 518 g/mol. The van der Waals surface area contributed by atoms with Crippen molar-refractivity contribution in [1.29, 1.82) is 0 Å². The topological polar surface area (TPSA) is 110 Å². The number of aromatic nitrogens is 2. The molecule has 2 aliphatic rings. The van der Waals surface area contributed by atoms with Crippen molar-refractivity contribution in [2.75, 3.05) is 18.0 Å². The van der Waals surface area contributed by atoms with Gasteiger partial charge in [0.15, 0.2) is 0 Å². The minimum Gasteiger partial charge on any atom is -0.405 e. The van der Waals surface area contributed by atoms with Crippen LogP contribution in [0.1, 0.15) is 53.3 Å². The molecular weight excluding hydrogens is 493 g/mol. The molecule has 2 fully saturated rings. The second-order valence-corrected chi connectivity index (χ2v) is 9.04. The van der Waals surface area contributed by atoms with Gasteiger partial charge in [-0.15, -0.1) is 13.2 Å². The average Bonchev–Trinajstić information content (AvgIpc) is 3.66. The summed E-state index contributed by atoms with van der Waals surface area (Å²) in [4.78, 5) is 17.9. The highest BCUT2D eigenvalue weighted by Crippen LogP contribution is 2.45. The summed E-state index contributed by atoms with van der Waals surface area (Å²) >= 11 is 0. The molecule has 3 aromatic rings. The summed E-state index contributed by atoms with van der Waals surface area (Å²) in [5.74, 6) is 0.601. The molecule has 1 saturated carbocycles. The third-order valence-electron chi connectivity index (χ3n) is 6.48. The number of halogens is 3. The standard InChI is InChI=1S/C25H25F3N4O5/c26-25(27,28)36-20-4-2-1-3-18(20)22-19(23(37-31-22)15-5-6-15)14-35-17-9-11-32(12-10-17)21-8-7-16(13-29-21)24(33)30-34/h1-4,7-8,13,15,17,34H,5-6,9-12,14H2,(H,30,33). The predicted molar refractivity (Wildman–Crippen MR) is 124 cm³/mol. The lowest BCUT2D eigenvalue weighted by Gasteiger charge is -2.32. The molecular formula is C25H25F3N4O5. The van der Waals surface area contributed by atoms with Gasteiger partial charge >= 0.3 is 6.36 Å². The Morgan fingerprint density at radius 1 is 1.14 bits per heavy atom. The molecule has 1 aliphatic carbocycles. The van der Waals surface area contributed by atoms with E-state index >= 15 is 0 Å². The van der Waals surface area contributed by atoms with Crippen LogP contribution < -0.4 is 15.1 Å². The van der Waals surface area contributed by atoms with E-state index in [1.807, 2.05) is 0 Å². The van der Waals surface area contributed by atoms with Crippen LogP contribution in [0.2, 0.25) is 0 Å². The van der Waals surface area contributed by atoms with Gasteiger partial charge in [0.2, 0.25) is 0 Å². The molecule has 2 aromatic heterocycles. The van der Waals surface area contributed by atoms with Gasteiger partial charge in [-0.3, -0.25) is 10.0 Å². The zero-order chi connectivity index (χ0) is 26.0. The number of para-hydroxylation sites is 1. The third kappa shape index (κ3) is 5.86. The maximum atomic E-state index is 13.0. The van der Waals surface area contributed by atoms with Crippen molar-refractivity contribution in [1.82, 2.24) is 15.6 Å². The number of nitrogens with zero attached hydrogens (tertiary/aromatic N) is 3. The fourth-order valence-electron chi connectivity index (χ4n) is 4.44. The van der Waals surface area contributed by atoms with Gasteiger partial charge in [-0.05, 0) is 49.9 Å². The highest BCUT2D eigenvalue weighted by atomic mass is 19.4. The molecule has 0 unspecified atom stereocenters. The van der Waals surface area contributed by atoms with Crippen LogP contribution in [0.5, 0.6) is 5.75 Å². The maximum Gasteiger partial charge on any atom is 0.573 e. The molecule has 2 N–H and O–H groups in total. The number of ether oxygens (including phenoxy) is 2. The van der Waals surface area contributed by atoms with Gasteiger partial charge in [-0.25, -0.2) is 10.5 Å². The number of hydrogen-bond donors (Lipinski definition) is 2. The van der Waals surface area contributed by atoms with Gasteiger partial charge in [-0.2, -0.15) is 0 Å². The van der Waals surface area contributed by atoms with E-state index in [1.165, 1.54) is 24.4 Å². The molecule has 196 valence electrons. The molecule has 3 heterocycles. The lowest BCUT2D eigenvalue weighted by molar-refractivity contribution is -0.274. The van der Waals surface area contributed by atoms with Crippen molar-refractivity contribution >= 4 is 11.7 Å². The number of anilines is 1. The number of alkyl halides is 3. The second-order valence-electron chi connectivity index (χ2n) is 9.04. The highest BCUT2D eigenvalue weighted by Gasteiger charge is 2.36. The van der Waals surface area contributed by atoms with Gasteiger partial charge in [-0.1, -0.05) is 17.3 Å². The van der Waals surface area contributed by atoms with Crippen LogP contribution in [0.3, 0.4) is 0 Å².